The van der Waals surface area contributed by atoms with Gasteiger partial charge in [0.25, 0.3) is 0 Å². The summed E-state index contributed by atoms with van der Waals surface area (Å²) in [4.78, 5) is 28.1. The fourth-order valence-corrected chi connectivity index (χ4v) is 2.68. The Bertz CT molecular complexity index is 621. The number of carbonyl (C=O) groups excluding carboxylic acids is 1. The van der Waals surface area contributed by atoms with E-state index in [2.05, 4.69) is 15.4 Å². The number of carbonyl (C=O) groups is 1. The molecule has 0 bridgehead atoms. The molecule has 1 aromatic heterocycles. The lowest BCUT2D eigenvalue weighted by atomic mass is 9.98. The SMILES string of the molecule is O=C(NOCc1ccccc1)[C@@H]1CCCN(c2ncccn2)C1. The van der Waals surface area contributed by atoms with Crippen molar-refractivity contribution in [1.82, 2.24) is 15.4 Å². The van der Waals surface area contributed by atoms with Crippen LogP contribution in [-0.2, 0) is 16.2 Å². The Morgan fingerprint density at radius 2 is 2.00 bits per heavy atom. The Labute approximate surface area is 135 Å². The molecule has 3 rings (SSSR count). The van der Waals surface area contributed by atoms with E-state index in [9.17, 15) is 4.79 Å². The molecule has 23 heavy (non-hydrogen) atoms. The molecule has 1 fully saturated rings. The second kappa shape index (κ2) is 7.69. The van der Waals surface area contributed by atoms with Crippen molar-refractivity contribution in [3.63, 3.8) is 0 Å². The van der Waals surface area contributed by atoms with Crippen LogP contribution in [0.4, 0.5) is 5.95 Å². The molecule has 0 spiro atoms. The minimum atomic E-state index is -0.108. The molecule has 1 amide bonds. The number of nitrogens with zero attached hydrogens (tertiary/aromatic N) is 3. The maximum atomic E-state index is 12.3. The fourth-order valence-electron chi connectivity index (χ4n) is 2.68. The smallest absolute Gasteiger partial charge is 0.248 e. The minimum Gasteiger partial charge on any atom is -0.340 e. The van der Waals surface area contributed by atoms with E-state index in [1.54, 1.807) is 18.5 Å². The van der Waals surface area contributed by atoms with Crippen LogP contribution in [0.5, 0.6) is 0 Å². The molecule has 2 heterocycles. The molecule has 1 aliphatic heterocycles. The summed E-state index contributed by atoms with van der Waals surface area (Å²) in [6.45, 7) is 1.86. The number of benzene rings is 1. The first-order valence-corrected chi connectivity index (χ1v) is 7.80. The zero-order chi connectivity index (χ0) is 15.9. The lowest BCUT2D eigenvalue weighted by Crippen LogP contribution is -2.43. The molecule has 1 N–H and O–H groups in total. The van der Waals surface area contributed by atoms with Crippen LogP contribution in [0.1, 0.15) is 18.4 Å². The first kappa shape index (κ1) is 15.4. The summed E-state index contributed by atoms with van der Waals surface area (Å²) < 4.78 is 0. The lowest BCUT2D eigenvalue weighted by molar-refractivity contribution is -0.139. The van der Waals surface area contributed by atoms with E-state index in [4.69, 9.17) is 4.84 Å². The Kier molecular flexibility index (Phi) is 5.16. The van der Waals surface area contributed by atoms with Gasteiger partial charge in [-0.15, -0.1) is 0 Å². The van der Waals surface area contributed by atoms with Crippen molar-refractivity contribution in [2.45, 2.75) is 19.4 Å². The first-order chi connectivity index (χ1) is 11.3. The van der Waals surface area contributed by atoms with Gasteiger partial charge in [0.1, 0.15) is 0 Å². The Morgan fingerprint density at radius 3 is 2.78 bits per heavy atom. The number of piperidine rings is 1. The second-order valence-electron chi connectivity index (χ2n) is 5.57. The monoisotopic (exact) mass is 312 g/mol. The number of amides is 1. The van der Waals surface area contributed by atoms with Gasteiger partial charge in [0.05, 0.1) is 12.5 Å². The van der Waals surface area contributed by atoms with Gasteiger partial charge in [0.2, 0.25) is 11.9 Å². The largest absolute Gasteiger partial charge is 0.340 e. The summed E-state index contributed by atoms with van der Waals surface area (Å²) in [6.07, 6.45) is 5.23. The van der Waals surface area contributed by atoms with Crippen LogP contribution in [0, 0.1) is 5.92 Å². The van der Waals surface area contributed by atoms with E-state index in [-0.39, 0.29) is 11.8 Å². The predicted octanol–water partition coefficient (Wildman–Crippen LogP) is 1.94. The molecule has 120 valence electrons. The van der Waals surface area contributed by atoms with Crippen LogP contribution in [0.25, 0.3) is 0 Å². The summed E-state index contributed by atoms with van der Waals surface area (Å²) in [5.41, 5.74) is 3.59. The quantitative estimate of drug-likeness (QED) is 0.855. The van der Waals surface area contributed by atoms with Gasteiger partial charge in [-0.3, -0.25) is 9.63 Å². The summed E-state index contributed by atoms with van der Waals surface area (Å²) >= 11 is 0. The highest BCUT2D eigenvalue weighted by atomic mass is 16.6. The number of hydroxylamine groups is 1. The fraction of sp³-hybridized carbons (Fsp3) is 0.353. The van der Waals surface area contributed by atoms with Crippen molar-refractivity contribution in [1.29, 1.82) is 0 Å². The van der Waals surface area contributed by atoms with Gasteiger partial charge in [-0.2, -0.15) is 0 Å². The third-order valence-electron chi connectivity index (χ3n) is 3.88. The van der Waals surface area contributed by atoms with Crippen LogP contribution in [0.3, 0.4) is 0 Å². The van der Waals surface area contributed by atoms with E-state index in [1.807, 2.05) is 35.2 Å². The van der Waals surface area contributed by atoms with Crippen molar-refractivity contribution in [3.05, 3.63) is 54.4 Å². The van der Waals surface area contributed by atoms with Crippen LogP contribution < -0.4 is 10.4 Å². The maximum absolute atomic E-state index is 12.3. The molecule has 6 nitrogen and oxygen atoms in total. The van der Waals surface area contributed by atoms with Crippen molar-refractivity contribution >= 4 is 11.9 Å². The van der Waals surface area contributed by atoms with E-state index in [0.29, 0.717) is 19.1 Å². The third kappa shape index (κ3) is 4.26. The molecule has 1 atom stereocenters. The average Bonchev–Trinajstić information content (AvgIpc) is 2.63. The van der Waals surface area contributed by atoms with Gasteiger partial charge in [-0.1, -0.05) is 30.3 Å². The summed E-state index contributed by atoms with van der Waals surface area (Å²) in [5, 5.41) is 0. The van der Waals surface area contributed by atoms with E-state index < -0.39 is 0 Å². The summed E-state index contributed by atoms with van der Waals surface area (Å²) in [7, 11) is 0. The van der Waals surface area contributed by atoms with Crippen molar-refractivity contribution in [3.8, 4) is 0 Å². The summed E-state index contributed by atoms with van der Waals surface area (Å²) in [6, 6.07) is 11.5. The minimum absolute atomic E-state index is 0.0819. The number of hydrogen-bond acceptors (Lipinski definition) is 5. The third-order valence-corrected chi connectivity index (χ3v) is 3.88. The molecule has 0 saturated carbocycles. The highest BCUT2D eigenvalue weighted by Gasteiger charge is 2.27. The van der Waals surface area contributed by atoms with Gasteiger partial charge in [0, 0.05) is 25.5 Å². The van der Waals surface area contributed by atoms with Gasteiger partial charge in [0.15, 0.2) is 0 Å². The topological polar surface area (TPSA) is 67.3 Å². The predicted molar refractivity (Wildman–Crippen MR) is 86.3 cm³/mol. The van der Waals surface area contributed by atoms with Gasteiger partial charge < -0.3 is 4.90 Å². The molecule has 6 heteroatoms. The van der Waals surface area contributed by atoms with Crippen molar-refractivity contribution in [2.24, 2.45) is 5.92 Å². The zero-order valence-corrected chi connectivity index (χ0v) is 12.9. The Balaban J connectivity index is 1.49. The van der Waals surface area contributed by atoms with Crippen molar-refractivity contribution in [2.75, 3.05) is 18.0 Å². The molecule has 2 aromatic rings. The molecule has 1 saturated heterocycles. The van der Waals surface area contributed by atoms with E-state index in [0.717, 1.165) is 24.9 Å². The molecule has 0 radical (unpaired) electrons. The van der Waals surface area contributed by atoms with Crippen LogP contribution >= 0.6 is 0 Å². The van der Waals surface area contributed by atoms with Gasteiger partial charge >= 0.3 is 0 Å². The highest BCUT2D eigenvalue weighted by Crippen LogP contribution is 2.20. The average molecular weight is 312 g/mol. The highest BCUT2D eigenvalue weighted by molar-refractivity contribution is 5.78. The molecule has 0 aliphatic carbocycles. The maximum Gasteiger partial charge on any atom is 0.248 e. The number of hydrogen-bond donors (Lipinski definition) is 1. The first-order valence-electron chi connectivity index (χ1n) is 7.80. The normalized spacial score (nSPS) is 17.7. The van der Waals surface area contributed by atoms with Crippen LogP contribution in [-0.4, -0.2) is 29.0 Å². The van der Waals surface area contributed by atoms with Crippen molar-refractivity contribution < 1.29 is 9.63 Å². The van der Waals surface area contributed by atoms with E-state index in [1.165, 1.54) is 0 Å². The number of rotatable bonds is 5. The number of aromatic nitrogens is 2. The lowest BCUT2D eigenvalue weighted by Gasteiger charge is -2.31. The summed E-state index contributed by atoms with van der Waals surface area (Å²) in [5.74, 6) is 0.486. The molecule has 1 aliphatic rings. The Hall–Kier alpha value is -2.47. The Morgan fingerprint density at radius 1 is 1.22 bits per heavy atom. The van der Waals surface area contributed by atoms with Gasteiger partial charge in [-0.25, -0.2) is 15.4 Å². The number of nitrogens with one attached hydrogen (secondary N) is 1. The second-order valence-corrected chi connectivity index (χ2v) is 5.57. The molecule has 1 aromatic carbocycles. The zero-order valence-electron chi connectivity index (χ0n) is 12.9. The van der Waals surface area contributed by atoms with E-state index >= 15 is 0 Å². The number of anilines is 1. The molecular weight excluding hydrogens is 292 g/mol. The standard InChI is InChI=1S/C17H20N4O2/c22-16(20-23-13-14-6-2-1-3-7-14)15-8-4-11-21(12-15)17-18-9-5-10-19-17/h1-3,5-7,9-10,15H,4,8,11-13H2,(H,20,22)/t15-/m1/s1. The van der Waals surface area contributed by atoms with Crippen LogP contribution in [0.15, 0.2) is 48.8 Å². The molecular formula is C17H20N4O2. The van der Waals surface area contributed by atoms with Crippen LogP contribution in [0.2, 0.25) is 0 Å². The van der Waals surface area contributed by atoms with Gasteiger partial charge in [-0.05, 0) is 24.5 Å². The molecule has 0 unspecified atom stereocenters.